The summed E-state index contributed by atoms with van der Waals surface area (Å²) in [5, 5.41) is 0. The van der Waals surface area contributed by atoms with Gasteiger partial charge >= 0.3 is 0 Å². The lowest BCUT2D eigenvalue weighted by molar-refractivity contribution is 0.248. The van der Waals surface area contributed by atoms with Crippen LogP contribution in [0.25, 0.3) is 0 Å². The third-order valence-corrected chi connectivity index (χ3v) is 3.94. The van der Waals surface area contributed by atoms with Crippen LogP contribution in [0, 0.1) is 5.41 Å². The lowest BCUT2D eigenvalue weighted by Gasteiger charge is -2.26. The standard InChI is InChI=1S/C11H21N/c1-12-9-4-7-11(8-10-12)5-2-3-6-11/h2-10H2,1H3. The van der Waals surface area contributed by atoms with Gasteiger partial charge in [0.25, 0.3) is 0 Å². The molecule has 12 heavy (non-hydrogen) atoms. The summed E-state index contributed by atoms with van der Waals surface area (Å²) in [5.74, 6) is 0. The third kappa shape index (κ3) is 1.66. The second-order valence-electron chi connectivity index (χ2n) is 4.86. The minimum atomic E-state index is 0.796. The van der Waals surface area contributed by atoms with Gasteiger partial charge in [0, 0.05) is 0 Å². The minimum absolute atomic E-state index is 0.796. The van der Waals surface area contributed by atoms with Gasteiger partial charge in [0.15, 0.2) is 0 Å². The van der Waals surface area contributed by atoms with Gasteiger partial charge < -0.3 is 4.90 Å². The van der Waals surface area contributed by atoms with E-state index in [1.54, 1.807) is 0 Å². The van der Waals surface area contributed by atoms with Crippen LogP contribution >= 0.6 is 0 Å². The molecule has 0 amide bonds. The predicted molar refractivity (Wildman–Crippen MR) is 52.2 cm³/mol. The molecule has 0 radical (unpaired) electrons. The molecule has 0 aromatic rings. The van der Waals surface area contributed by atoms with Crippen molar-refractivity contribution in [2.75, 3.05) is 20.1 Å². The molecule has 2 aliphatic rings. The Morgan fingerprint density at radius 3 is 2.25 bits per heavy atom. The van der Waals surface area contributed by atoms with Crippen molar-refractivity contribution in [3.63, 3.8) is 0 Å². The molecule has 1 nitrogen and oxygen atoms in total. The molecule has 0 bridgehead atoms. The van der Waals surface area contributed by atoms with E-state index in [1.165, 1.54) is 58.0 Å². The number of hydrogen-bond acceptors (Lipinski definition) is 1. The van der Waals surface area contributed by atoms with E-state index < -0.39 is 0 Å². The topological polar surface area (TPSA) is 3.24 Å². The third-order valence-electron chi connectivity index (χ3n) is 3.94. The summed E-state index contributed by atoms with van der Waals surface area (Å²) in [6.45, 7) is 2.68. The van der Waals surface area contributed by atoms with E-state index >= 15 is 0 Å². The fourth-order valence-electron chi connectivity index (χ4n) is 3.01. The normalized spacial score (nSPS) is 30.8. The van der Waals surface area contributed by atoms with Gasteiger partial charge in [-0.3, -0.25) is 0 Å². The summed E-state index contributed by atoms with van der Waals surface area (Å²) >= 11 is 0. The molecular formula is C11H21N. The van der Waals surface area contributed by atoms with Gasteiger partial charge in [-0.25, -0.2) is 0 Å². The Bertz CT molecular complexity index is 147. The van der Waals surface area contributed by atoms with Gasteiger partial charge in [0.2, 0.25) is 0 Å². The minimum Gasteiger partial charge on any atom is -0.306 e. The average Bonchev–Trinajstić information content (AvgIpc) is 2.42. The van der Waals surface area contributed by atoms with Crippen molar-refractivity contribution in [1.82, 2.24) is 4.90 Å². The van der Waals surface area contributed by atoms with Crippen molar-refractivity contribution in [3.8, 4) is 0 Å². The van der Waals surface area contributed by atoms with E-state index in [9.17, 15) is 0 Å². The maximum Gasteiger partial charge on any atom is -0.00165 e. The highest BCUT2D eigenvalue weighted by Gasteiger charge is 2.34. The summed E-state index contributed by atoms with van der Waals surface area (Å²) < 4.78 is 0. The Hall–Kier alpha value is -0.0400. The van der Waals surface area contributed by atoms with Gasteiger partial charge in [-0.2, -0.15) is 0 Å². The van der Waals surface area contributed by atoms with Crippen LogP contribution in [0.1, 0.15) is 44.9 Å². The zero-order valence-corrected chi connectivity index (χ0v) is 8.31. The van der Waals surface area contributed by atoms with E-state index in [0.717, 1.165) is 5.41 Å². The fraction of sp³-hybridized carbons (Fsp3) is 1.00. The summed E-state index contributed by atoms with van der Waals surface area (Å²) in [4.78, 5) is 2.51. The van der Waals surface area contributed by atoms with Crippen molar-refractivity contribution < 1.29 is 0 Å². The molecule has 1 spiro atoms. The Morgan fingerprint density at radius 2 is 1.50 bits per heavy atom. The van der Waals surface area contributed by atoms with Crippen molar-refractivity contribution >= 4 is 0 Å². The second-order valence-corrected chi connectivity index (χ2v) is 4.86. The maximum absolute atomic E-state index is 2.51. The quantitative estimate of drug-likeness (QED) is 0.536. The first-order valence-corrected chi connectivity index (χ1v) is 5.49. The molecule has 1 aliphatic heterocycles. The highest BCUT2D eigenvalue weighted by molar-refractivity contribution is 4.87. The molecule has 0 unspecified atom stereocenters. The van der Waals surface area contributed by atoms with E-state index in [0.29, 0.717) is 0 Å². The predicted octanol–water partition coefficient (Wildman–Crippen LogP) is 2.66. The Labute approximate surface area is 76.1 Å². The van der Waals surface area contributed by atoms with Crippen LogP contribution in [0.2, 0.25) is 0 Å². The van der Waals surface area contributed by atoms with Gasteiger partial charge in [-0.1, -0.05) is 12.8 Å². The van der Waals surface area contributed by atoms with Crippen molar-refractivity contribution in [3.05, 3.63) is 0 Å². The molecule has 0 N–H and O–H groups in total. The first-order valence-electron chi connectivity index (χ1n) is 5.49. The monoisotopic (exact) mass is 167 g/mol. The zero-order valence-electron chi connectivity index (χ0n) is 8.31. The van der Waals surface area contributed by atoms with E-state index in [4.69, 9.17) is 0 Å². The van der Waals surface area contributed by atoms with Gasteiger partial charge in [0.05, 0.1) is 0 Å². The fourth-order valence-corrected chi connectivity index (χ4v) is 3.01. The molecule has 0 aromatic carbocycles. The molecule has 0 aromatic heterocycles. The molecule has 1 aliphatic carbocycles. The second kappa shape index (κ2) is 3.37. The smallest absolute Gasteiger partial charge is 0.00165 e. The van der Waals surface area contributed by atoms with Crippen LogP contribution in [0.15, 0.2) is 0 Å². The van der Waals surface area contributed by atoms with Gasteiger partial charge in [-0.15, -0.1) is 0 Å². The lowest BCUT2D eigenvalue weighted by Crippen LogP contribution is -2.21. The van der Waals surface area contributed by atoms with Gasteiger partial charge in [-0.05, 0) is 57.7 Å². The number of likely N-dealkylation sites (tertiary alicyclic amines) is 1. The van der Waals surface area contributed by atoms with Crippen LogP contribution in [-0.2, 0) is 0 Å². The van der Waals surface area contributed by atoms with Gasteiger partial charge in [0.1, 0.15) is 0 Å². The summed E-state index contributed by atoms with van der Waals surface area (Å²) in [5.41, 5.74) is 0.796. The molecule has 2 fully saturated rings. The van der Waals surface area contributed by atoms with Crippen LogP contribution in [0.5, 0.6) is 0 Å². The molecule has 2 rings (SSSR count). The molecule has 1 heterocycles. The number of nitrogens with zero attached hydrogens (tertiary/aromatic N) is 1. The van der Waals surface area contributed by atoms with Crippen molar-refractivity contribution in [2.45, 2.75) is 44.9 Å². The molecular weight excluding hydrogens is 146 g/mol. The van der Waals surface area contributed by atoms with Crippen molar-refractivity contribution in [1.29, 1.82) is 0 Å². The summed E-state index contributed by atoms with van der Waals surface area (Å²) in [7, 11) is 2.27. The van der Waals surface area contributed by atoms with Crippen LogP contribution in [-0.4, -0.2) is 25.0 Å². The zero-order chi connectivity index (χ0) is 8.44. The maximum atomic E-state index is 2.51. The number of rotatable bonds is 0. The summed E-state index contributed by atoms with van der Waals surface area (Å²) in [6.07, 6.45) is 10.5. The summed E-state index contributed by atoms with van der Waals surface area (Å²) in [6, 6.07) is 0. The Balaban J connectivity index is 1.97. The SMILES string of the molecule is CN1CCCC2(CCCC2)CC1. The van der Waals surface area contributed by atoms with Crippen molar-refractivity contribution in [2.24, 2.45) is 5.41 Å². The molecule has 0 atom stereocenters. The highest BCUT2D eigenvalue weighted by atomic mass is 15.1. The Morgan fingerprint density at radius 1 is 0.833 bits per heavy atom. The molecule has 1 saturated carbocycles. The average molecular weight is 167 g/mol. The van der Waals surface area contributed by atoms with E-state index in [-0.39, 0.29) is 0 Å². The van der Waals surface area contributed by atoms with E-state index in [1.807, 2.05) is 0 Å². The number of hydrogen-bond donors (Lipinski definition) is 0. The first kappa shape index (κ1) is 8.55. The first-order chi connectivity index (χ1) is 5.81. The largest absolute Gasteiger partial charge is 0.306 e. The molecule has 70 valence electrons. The van der Waals surface area contributed by atoms with E-state index in [2.05, 4.69) is 11.9 Å². The van der Waals surface area contributed by atoms with Crippen LogP contribution in [0.3, 0.4) is 0 Å². The molecule has 1 heteroatoms. The highest BCUT2D eigenvalue weighted by Crippen LogP contribution is 2.45. The van der Waals surface area contributed by atoms with Crippen LogP contribution < -0.4 is 0 Å². The lowest BCUT2D eigenvalue weighted by atomic mass is 9.79. The van der Waals surface area contributed by atoms with Crippen LogP contribution in [0.4, 0.5) is 0 Å². The Kier molecular flexibility index (Phi) is 2.40. The molecule has 1 saturated heterocycles.